The molecule has 2 rings (SSSR count). The molecule has 0 bridgehead atoms. The van der Waals surface area contributed by atoms with Gasteiger partial charge >= 0.3 is 6.09 Å². The van der Waals surface area contributed by atoms with Crippen LogP contribution in [0.2, 0.25) is 0 Å². The maximum atomic E-state index is 13.0. The highest BCUT2D eigenvalue weighted by molar-refractivity contribution is 9.10. The highest BCUT2D eigenvalue weighted by Crippen LogP contribution is 2.28. The van der Waals surface area contributed by atoms with Crippen molar-refractivity contribution in [2.75, 3.05) is 6.26 Å². The molecular formula is C18H23BrN2O6S2. The van der Waals surface area contributed by atoms with Crippen molar-refractivity contribution in [3.05, 3.63) is 46.7 Å². The van der Waals surface area contributed by atoms with E-state index >= 15 is 0 Å². The summed E-state index contributed by atoms with van der Waals surface area (Å²) in [5, 5.41) is 11.6. The molecular weight excluding hydrogens is 484 g/mol. The van der Waals surface area contributed by atoms with Crippen molar-refractivity contribution in [3.63, 3.8) is 0 Å². The third-order valence-corrected chi connectivity index (χ3v) is 8.00. The molecule has 0 aliphatic heterocycles. The van der Waals surface area contributed by atoms with E-state index < -0.39 is 37.4 Å². The fourth-order valence-electron chi connectivity index (χ4n) is 2.70. The monoisotopic (exact) mass is 506 g/mol. The van der Waals surface area contributed by atoms with Gasteiger partial charge in [-0.1, -0.05) is 26.8 Å². The number of carbonyl (C=O) groups is 1. The van der Waals surface area contributed by atoms with Gasteiger partial charge in [0.15, 0.2) is 9.84 Å². The summed E-state index contributed by atoms with van der Waals surface area (Å²) < 4.78 is 50.8. The van der Waals surface area contributed by atoms with Crippen LogP contribution in [0.5, 0.6) is 0 Å². The lowest BCUT2D eigenvalue weighted by molar-refractivity contribution is 0.174. The van der Waals surface area contributed by atoms with Crippen LogP contribution >= 0.6 is 15.9 Å². The van der Waals surface area contributed by atoms with Gasteiger partial charge in [-0.25, -0.2) is 25.6 Å². The maximum absolute atomic E-state index is 13.0. The predicted molar refractivity (Wildman–Crippen MR) is 112 cm³/mol. The van der Waals surface area contributed by atoms with Crippen LogP contribution in [0.25, 0.3) is 0 Å². The molecule has 1 amide bonds. The van der Waals surface area contributed by atoms with E-state index in [2.05, 4.69) is 21.2 Å². The first kappa shape index (κ1) is 23.4. The van der Waals surface area contributed by atoms with Crippen LogP contribution in [0.3, 0.4) is 0 Å². The molecule has 0 radical (unpaired) electrons. The third-order valence-electron chi connectivity index (χ3n) is 4.37. The third kappa shape index (κ3) is 5.61. The summed E-state index contributed by atoms with van der Waals surface area (Å²) in [6.07, 6.45) is 1.52. The minimum atomic E-state index is -4.06. The number of hydrogen-bond acceptors (Lipinski definition) is 5. The van der Waals surface area contributed by atoms with Crippen molar-refractivity contribution < 1.29 is 26.7 Å². The normalized spacial score (nSPS) is 13.8. The number of nitrogens with one attached hydrogen (secondary N) is 1. The van der Waals surface area contributed by atoms with E-state index in [0.29, 0.717) is 5.56 Å². The molecule has 11 heteroatoms. The van der Waals surface area contributed by atoms with Gasteiger partial charge in [0.1, 0.15) is 4.60 Å². The lowest BCUT2D eigenvalue weighted by atomic mass is 9.83. The van der Waals surface area contributed by atoms with E-state index in [0.717, 1.165) is 16.3 Å². The molecule has 0 aliphatic rings. The number of hydrogen-bond donors (Lipinski definition) is 2. The van der Waals surface area contributed by atoms with Crippen molar-refractivity contribution in [3.8, 4) is 0 Å². The number of rotatable bonds is 6. The Labute approximate surface area is 179 Å². The number of sulfone groups is 1. The minimum absolute atomic E-state index is 0.0967. The van der Waals surface area contributed by atoms with Gasteiger partial charge in [0.05, 0.1) is 9.79 Å². The van der Waals surface area contributed by atoms with Crippen molar-refractivity contribution in [1.82, 2.24) is 9.29 Å². The Bertz CT molecular complexity index is 1130. The fourth-order valence-corrected chi connectivity index (χ4v) is 5.72. The van der Waals surface area contributed by atoms with Gasteiger partial charge in [-0.15, -0.1) is 0 Å². The van der Waals surface area contributed by atoms with Gasteiger partial charge in [-0.3, -0.25) is 0 Å². The smallest absolute Gasteiger partial charge is 0.404 e. The predicted octanol–water partition coefficient (Wildman–Crippen LogP) is 3.12. The lowest BCUT2D eigenvalue weighted by Crippen LogP contribution is -2.44. The van der Waals surface area contributed by atoms with Crippen molar-refractivity contribution >= 4 is 41.9 Å². The molecule has 8 nitrogen and oxygen atoms in total. The zero-order chi connectivity index (χ0) is 22.2. The van der Waals surface area contributed by atoms with Crippen LogP contribution < -0.4 is 5.32 Å². The van der Waals surface area contributed by atoms with Crippen LogP contribution in [0.1, 0.15) is 26.3 Å². The number of carboxylic acid groups (broad SMARTS) is 1. The SMILES string of the molecule is CC(C)(C)C(Cc1cc(Br)n(S(=O)(=O)c2cccc(S(C)(=O)=O)c2)c1)NC(=O)O. The fraction of sp³-hybridized carbons (Fsp3) is 0.389. The second-order valence-electron chi connectivity index (χ2n) is 7.79. The number of aromatic nitrogens is 1. The Morgan fingerprint density at radius 3 is 2.28 bits per heavy atom. The van der Waals surface area contributed by atoms with Gasteiger partial charge in [-0.2, -0.15) is 0 Å². The molecule has 2 aromatic rings. The zero-order valence-electron chi connectivity index (χ0n) is 16.4. The molecule has 0 fully saturated rings. The van der Waals surface area contributed by atoms with E-state index in [1.807, 2.05) is 20.8 Å². The molecule has 160 valence electrons. The standard InChI is InChI=1S/C18H23BrN2O6S2/c1-18(2,3)15(20-17(22)23)8-12-9-16(19)21(11-12)29(26,27)14-7-5-6-13(10-14)28(4,24)25/h5-7,9-11,15,20H,8H2,1-4H3,(H,22,23). The summed E-state index contributed by atoms with van der Waals surface area (Å²) in [6.45, 7) is 5.65. The molecule has 0 saturated carbocycles. The number of nitrogens with zero attached hydrogens (tertiary/aromatic N) is 1. The highest BCUT2D eigenvalue weighted by atomic mass is 79.9. The molecule has 1 aromatic carbocycles. The first-order valence-electron chi connectivity index (χ1n) is 8.54. The van der Waals surface area contributed by atoms with Gasteiger partial charge in [0.2, 0.25) is 0 Å². The summed E-state index contributed by atoms with van der Waals surface area (Å²) >= 11 is 3.23. The number of halogens is 1. The zero-order valence-corrected chi connectivity index (χ0v) is 19.6. The molecule has 2 N–H and O–H groups in total. The average Bonchev–Trinajstić information content (AvgIpc) is 2.93. The minimum Gasteiger partial charge on any atom is -0.465 e. The van der Waals surface area contributed by atoms with Crippen LogP contribution in [0, 0.1) is 5.41 Å². The Kier molecular flexibility index (Phi) is 6.56. The Hall–Kier alpha value is -1.85. The summed E-state index contributed by atoms with van der Waals surface area (Å²) in [6, 6.07) is 6.28. The van der Waals surface area contributed by atoms with E-state index in [-0.39, 0.29) is 20.8 Å². The molecule has 29 heavy (non-hydrogen) atoms. The van der Waals surface area contributed by atoms with Crippen molar-refractivity contribution in [1.29, 1.82) is 0 Å². The van der Waals surface area contributed by atoms with Gasteiger partial charge in [0.25, 0.3) is 10.0 Å². The topological polar surface area (TPSA) is 123 Å². The van der Waals surface area contributed by atoms with E-state index in [1.54, 1.807) is 6.07 Å². The second kappa shape index (κ2) is 8.11. The van der Waals surface area contributed by atoms with Crippen molar-refractivity contribution in [2.24, 2.45) is 5.41 Å². The summed E-state index contributed by atoms with van der Waals surface area (Å²) in [7, 11) is -7.62. The van der Waals surface area contributed by atoms with Crippen LogP contribution in [-0.2, 0) is 26.3 Å². The van der Waals surface area contributed by atoms with Gasteiger partial charge in [-0.05, 0) is 57.6 Å². The van der Waals surface area contributed by atoms with Gasteiger partial charge in [0, 0.05) is 18.5 Å². The number of benzene rings is 1. The van der Waals surface area contributed by atoms with E-state index in [1.165, 1.54) is 24.4 Å². The average molecular weight is 507 g/mol. The van der Waals surface area contributed by atoms with Crippen molar-refractivity contribution in [2.45, 2.75) is 43.0 Å². The van der Waals surface area contributed by atoms with E-state index in [9.17, 15) is 21.6 Å². The Morgan fingerprint density at radius 1 is 1.17 bits per heavy atom. The largest absolute Gasteiger partial charge is 0.465 e. The first-order valence-corrected chi connectivity index (χ1v) is 12.7. The molecule has 0 spiro atoms. The highest BCUT2D eigenvalue weighted by Gasteiger charge is 2.28. The lowest BCUT2D eigenvalue weighted by Gasteiger charge is -2.30. The summed E-state index contributed by atoms with van der Waals surface area (Å²) in [5.74, 6) is 0. The van der Waals surface area contributed by atoms with E-state index in [4.69, 9.17) is 5.11 Å². The van der Waals surface area contributed by atoms with Crippen LogP contribution in [-0.4, -0.2) is 44.3 Å². The molecule has 1 heterocycles. The Balaban J connectivity index is 2.45. The first-order chi connectivity index (χ1) is 13.1. The second-order valence-corrected chi connectivity index (χ2v) is 12.4. The summed E-state index contributed by atoms with van der Waals surface area (Å²) in [4.78, 5) is 10.8. The van der Waals surface area contributed by atoms with Crippen LogP contribution in [0.15, 0.2) is 50.9 Å². The quantitative estimate of drug-likeness (QED) is 0.620. The maximum Gasteiger partial charge on any atom is 0.404 e. The van der Waals surface area contributed by atoms with Gasteiger partial charge < -0.3 is 10.4 Å². The van der Waals surface area contributed by atoms with Crippen LogP contribution in [0.4, 0.5) is 4.79 Å². The molecule has 1 atom stereocenters. The summed E-state index contributed by atoms with van der Waals surface area (Å²) in [5.41, 5.74) is 0.212. The molecule has 1 unspecified atom stereocenters. The number of amides is 1. The molecule has 1 aromatic heterocycles. The molecule has 0 aliphatic carbocycles. The molecule has 0 saturated heterocycles. The Morgan fingerprint density at radius 2 is 1.76 bits per heavy atom.